The molecule has 16 heavy (non-hydrogen) atoms. The van der Waals surface area contributed by atoms with Gasteiger partial charge in [-0.2, -0.15) is 5.26 Å². The summed E-state index contributed by atoms with van der Waals surface area (Å²) in [4.78, 5) is 0. The van der Waals surface area contributed by atoms with Crippen molar-refractivity contribution in [1.82, 2.24) is 0 Å². The van der Waals surface area contributed by atoms with Gasteiger partial charge in [0.1, 0.15) is 5.75 Å². The highest BCUT2D eigenvalue weighted by molar-refractivity contribution is 5.59. The molecule has 0 amide bonds. The van der Waals surface area contributed by atoms with Gasteiger partial charge in [0.2, 0.25) is 0 Å². The molecular weight excluding hydrogens is 198 g/mol. The number of rotatable bonds is 3. The summed E-state index contributed by atoms with van der Waals surface area (Å²) in [6, 6.07) is 9.11. The number of hydrogen-bond acceptors (Lipinski definition) is 2. The molecule has 0 heterocycles. The maximum absolute atomic E-state index is 9.17. The van der Waals surface area contributed by atoms with Gasteiger partial charge in [-0.1, -0.05) is 32.9 Å². The molecule has 1 rings (SSSR count). The number of benzene rings is 1. The Bertz CT molecular complexity index is 421. The quantitative estimate of drug-likeness (QED) is 0.780. The second-order valence-corrected chi connectivity index (χ2v) is 4.50. The first-order valence-electron chi connectivity index (χ1n) is 5.41. The minimum Gasteiger partial charge on any atom is -0.508 e. The van der Waals surface area contributed by atoms with Crippen LogP contribution in [0.2, 0.25) is 0 Å². The molecule has 0 saturated heterocycles. The summed E-state index contributed by atoms with van der Waals surface area (Å²) in [6.45, 7) is 6.19. The van der Waals surface area contributed by atoms with Gasteiger partial charge in [-0.3, -0.25) is 0 Å². The molecule has 0 bridgehead atoms. The number of aromatic hydroxyl groups is 1. The Morgan fingerprint density at radius 1 is 1.38 bits per heavy atom. The van der Waals surface area contributed by atoms with Crippen molar-refractivity contribution < 1.29 is 5.11 Å². The molecule has 0 atom stereocenters. The van der Waals surface area contributed by atoms with Crippen molar-refractivity contribution in [3.05, 3.63) is 35.4 Å². The number of phenols is 1. The van der Waals surface area contributed by atoms with Crippen LogP contribution in [0.1, 0.15) is 32.8 Å². The van der Waals surface area contributed by atoms with Crippen molar-refractivity contribution in [2.24, 2.45) is 5.41 Å². The molecular formula is C14H17NO. The molecule has 0 aliphatic heterocycles. The zero-order chi connectivity index (χ0) is 12.2. The summed E-state index contributed by atoms with van der Waals surface area (Å²) in [6.07, 6.45) is 2.80. The first kappa shape index (κ1) is 12.3. The lowest BCUT2D eigenvalue weighted by Gasteiger charge is -2.21. The highest BCUT2D eigenvalue weighted by Gasteiger charge is 2.20. The number of hydrogen-bond donors (Lipinski definition) is 1. The molecule has 1 N–H and O–H groups in total. The van der Waals surface area contributed by atoms with E-state index in [4.69, 9.17) is 10.4 Å². The first-order valence-corrected chi connectivity index (χ1v) is 5.41. The lowest BCUT2D eigenvalue weighted by atomic mass is 9.81. The van der Waals surface area contributed by atoms with Crippen molar-refractivity contribution in [1.29, 1.82) is 5.26 Å². The van der Waals surface area contributed by atoms with E-state index in [0.29, 0.717) is 0 Å². The van der Waals surface area contributed by atoms with Crippen molar-refractivity contribution >= 4 is 6.08 Å². The second kappa shape index (κ2) is 4.85. The fraction of sp³-hybridized carbons (Fsp3) is 0.357. The second-order valence-electron chi connectivity index (χ2n) is 4.50. The van der Waals surface area contributed by atoms with E-state index in [1.54, 1.807) is 24.3 Å². The highest BCUT2D eigenvalue weighted by Crippen LogP contribution is 2.31. The molecule has 0 radical (unpaired) electrons. The number of nitriles is 1. The normalized spacial score (nSPS) is 12.2. The molecule has 0 aromatic heterocycles. The zero-order valence-electron chi connectivity index (χ0n) is 9.99. The molecule has 0 aliphatic rings. The van der Waals surface area contributed by atoms with Gasteiger partial charge in [0.05, 0.1) is 6.07 Å². The van der Waals surface area contributed by atoms with Gasteiger partial charge in [0.25, 0.3) is 0 Å². The summed E-state index contributed by atoms with van der Waals surface area (Å²) < 4.78 is 0. The van der Waals surface area contributed by atoms with E-state index in [-0.39, 0.29) is 11.2 Å². The predicted octanol–water partition coefficient (Wildman–Crippen LogP) is 3.74. The molecule has 84 valence electrons. The van der Waals surface area contributed by atoms with E-state index in [0.717, 1.165) is 17.6 Å². The molecule has 0 saturated carbocycles. The summed E-state index contributed by atoms with van der Waals surface area (Å²) >= 11 is 0. The van der Waals surface area contributed by atoms with E-state index >= 15 is 0 Å². The summed E-state index contributed by atoms with van der Waals surface area (Å²) in [5, 5.41) is 18.3. The van der Waals surface area contributed by atoms with Crippen LogP contribution >= 0.6 is 0 Å². The minimum absolute atomic E-state index is 0.105. The van der Waals surface area contributed by atoms with Crippen molar-refractivity contribution in [2.75, 3.05) is 0 Å². The average molecular weight is 215 g/mol. The van der Waals surface area contributed by atoms with Crippen LogP contribution in [0.3, 0.4) is 0 Å². The Kier molecular flexibility index (Phi) is 3.73. The largest absolute Gasteiger partial charge is 0.508 e. The lowest BCUT2D eigenvalue weighted by Crippen LogP contribution is -2.11. The van der Waals surface area contributed by atoms with Crippen LogP contribution in [0.25, 0.3) is 6.08 Å². The third-order valence-corrected chi connectivity index (χ3v) is 2.94. The Labute approximate surface area is 96.8 Å². The van der Waals surface area contributed by atoms with Gasteiger partial charge in [0, 0.05) is 5.57 Å². The van der Waals surface area contributed by atoms with Gasteiger partial charge in [-0.05, 0) is 35.6 Å². The highest BCUT2D eigenvalue weighted by atomic mass is 16.3. The molecule has 1 aromatic carbocycles. The van der Waals surface area contributed by atoms with E-state index in [1.165, 1.54) is 0 Å². The van der Waals surface area contributed by atoms with E-state index < -0.39 is 0 Å². The van der Waals surface area contributed by atoms with Crippen LogP contribution in [0.4, 0.5) is 0 Å². The van der Waals surface area contributed by atoms with Crippen LogP contribution in [0, 0.1) is 16.7 Å². The molecule has 2 heteroatoms. The predicted molar refractivity (Wildman–Crippen MR) is 65.8 cm³/mol. The maximum atomic E-state index is 9.17. The minimum atomic E-state index is -0.105. The fourth-order valence-electron chi connectivity index (χ4n) is 1.31. The fourth-order valence-corrected chi connectivity index (χ4v) is 1.31. The monoisotopic (exact) mass is 215 g/mol. The molecule has 1 aromatic rings. The Morgan fingerprint density at radius 3 is 2.38 bits per heavy atom. The van der Waals surface area contributed by atoms with Crippen LogP contribution < -0.4 is 0 Å². The van der Waals surface area contributed by atoms with Gasteiger partial charge in [0.15, 0.2) is 0 Å². The maximum Gasteiger partial charge on any atom is 0.115 e. The summed E-state index contributed by atoms with van der Waals surface area (Å²) in [5.41, 5.74) is 1.60. The molecule has 0 unspecified atom stereocenters. The molecule has 0 fully saturated rings. The van der Waals surface area contributed by atoms with Crippen LogP contribution in [-0.2, 0) is 0 Å². The van der Waals surface area contributed by atoms with Gasteiger partial charge in [-0.25, -0.2) is 0 Å². The Hall–Kier alpha value is -1.75. The third kappa shape index (κ3) is 2.87. The SMILES string of the molecule is CCC(C)(C)C(C#N)=Cc1ccc(O)cc1. The van der Waals surface area contributed by atoms with Crippen LogP contribution in [-0.4, -0.2) is 5.11 Å². The van der Waals surface area contributed by atoms with Crippen molar-refractivity contribution in [2.45, 2.75) is 27.2 Å². The van der Waals surface area contributed by atoms with E-state index in [1.807, 2.05) is 6.08 Å². The van der Waals surface area contributed by atoms with Crippen molar-refractivity contribution in [3.63, 3.8) is 0 Å². The first-order chi connectivity index (χ1) is 7.49. The molecule has 0 spiro atoms. The lowest BCUT2D eigenvalue weighted by molar-refractivity contribution is 0.445. The zero-order valence-corrected chi connectivity index (χ0v) is 9.99. The summed E-state index contributed by atoms with van der Waals surface area (Å²) in [7, 11) is 0. The number of nitrogens with zero attached hydrogens (tertiary/aromatic N) is 1. The van der Waals surface area contributed by atoms with E-state index in [2.05, 4.69) is 26.8 Å². The van der Waals surface area contributed by atoms with Crippen LogP contribution in [0.15, 0.2) is 29.8 Å². The Morgan fingerprint density at radius 2 is 1.94 bits per heavy atom. The smallest absolute Gasteiger partial charge is 0.115 e. The average Bonchev–Trinajstić information content (AvgIpc) is 2.28. The van der Waals surface area contributed by atoms with Gasteiger partial charge in [-0.15, -0.1) is 0 Å². The molecule has 0 aliphatic carbocycles. The number of allylic oxidation sites excluding steroid dienone is 1. The molecule has 2 nitrogen and oxygen atoms in total. The summed E-state index contributed by atoms with van der Waals surface area (Å²) in [5.74, 6) is 0.241. The van der Waals surface area contributed by atoms with Crippen molar-refractivity contribution in [3.8, 4) is 11.8 Å². The van der Waals surface area contributed by atoms with Crippen LogP contribution in [0.5, 0.6) is 5.75 Å². The van der Waals surface area contributed by atoms with Gasteiger partial charge < -0.3 is 5.11 Å². The van der Waals surface area contributed by atoms with Gasteiger partial charge >= 0.3 is 0 Å². The van der Waals surface area contributed by atoms with E-state index in [9.17, 15) is 0 Å². The topological polar surface area (TPSA) is 44.0 Å². The number of phenolic OH excluding ortho intramolecular Hbond substituents is 1. The Balaban J connectivity index is 3.07. The standard InChI is InChI=1S/C14H17NO/c1-4-14(2,3)12(10-15)9-11-5-7-13(16)8-6-11/h5-9,16H,4H2,1-3H3. The third-order valence-electron chi connectivity index (χ3n) is 2.94.